The molecule has 0 aromatic carbocycles. The fraction of sp³-hybridized carbons (Fsp3) is 0.857. The van der Waals surface area contributed by atoms with E-state index in [1.54, 1.807) is 5.57 Å². The summed E-state index contributed by atoms with van der Waals surface area (Å²) < 4.78 is 0. The Hall–Kier alpha value is -0.260. The lowest BCUT2D eigenvalue weighted by Gasteiger charge is -2.46. The molecule has 1 unspecified atom stereocenters. The average molecular weight is 192 g/mol. The summed E-state index contributed by atoms with van der Waals surface area (Å²) in [7, 11) is 0. The summed E-state index contributed by atoms with van der Waals surface area (Å²) in [5.74, 6) is 0. The first-order chi connectivity index (χ1) is 6.52. The summed E-state index contributed by atoms with van der Waals surface area (Å²) in [5, 5.41) is 0. The van der Waals surface area contributed by atoms with E-state index in [1.165, 1.54) is 44.9 Å². The smallest absolute Gasteiger partial charge is 0.0255 e. The van der Waals surface area contributed by atoms with E-state index in [9.17, 15) is 0 Å². The first-order valence-corrected chi connectivity index (χ1v) is 6.17. The van der Waals surface area contributed by atoms with Gasteiger partial charge in [0.1, 0.15) is 0 Å². The third kappa shape index (κ3) is 2.04. The Labute approximate surface area is 88.8 Å². The zero-order valence-electron chi connectivity index (χ0n) is 10.0. The molecule has 0 heterocycles. The highest BCUT2D eigenvalue weighted by molar-refractivity contribution is 5.08. The molecule has 1 fully saturated rings. The van der Waals surface area contributed by atoms with Gasteiger partial charge in [0.2, 0.25) is 0 Å². The van der Waals surface area contributed by atoms with Crippen LogP contribution in [0.2, 0.25) is 0 Å². The van der Waals surface area contributed by atoms with E-state index in [0.29, 0.717) is 10.8 Å². The van der Waals surface area contributed by atoms with E-state index >= 15 is 0 Å². The van der Waals surface area contributed by atoms with Crippen LogP contribution in [0.1, 0.15) is 65.7 Å². The van der Waals surface area contributed by atoms with Crippen molar-refractivity contribution in [2.75, 3.05) is 0 Å². The van der Waals surface area contributed by atoms with Gasteiger partial charge in [-0.2, -0.15) is 0 Å². The van der Waals surface area contributed by atoms with Crippen molar-refractivity contribution in [1.82, 2.24) is 0 Å². The third-order valence-corrected chi connectivity index (χ3v) is 4.35. The minimum atomic E-state index is 0.608. The Morgan fingerprint density at radius 3 is 2.50 bits per heavy atom. The Morgan fingerprint density at radius 1 is 1.14 bits per heavy atom. The summed E-state index contributed by atoms with van der Waals surface area (Å²) in [6, 6.07) is 0. The molecule has 14 heavy (non-hydrogen) atoms. The molecule has 0 radical (unpaired) electrons. The highest BCUT2D eigenvalue weighted by Gasteiger charge is 2.39. The number of allylic oxidation sites excluding steroid dienone is 2. The third-order valence-electron chi connectivity index (χ3n) is 4.35. The van der Waals surface area contributed by atoms with Crippen molar-refractivity contribution in [2.24, 2.45) is 10.8 Å². The van der Waals surface area contributed by atoms with E-state index in [0.717, 1.165) is 0 Å². The fourth-order valence-corrected chi connectivity index (χ4v) is 3.58. The van der Waals surface area contributed by atoms with Gasteiger partial charge in [0.25, 0.3) is 0 Å². The lowest BCUT2D eigenvalue weighted by molar-refractivity contribution is 0.0726. The molecule has 0 amide bonds. The zero-order chi connectivity index (χ0) is 10.2. The molecule has 0 saturated heterocycles. The predicted octanol–water partition coefficient (Wildman–Crippen LogP) is 4.70. The molecule has 0 aromatic heterocycles. The molecule has 0 heteroatoms. The maximum absolute atomic E-state index is 2.50. The summed E-state index contributed by atoms with van der Waals surface area (Å²) in [6.45, 7) is 7.21. The van der Waals surface area contributed by atoms with Gasteiger partial charge in [0, 0.05) is 0 Å². The van der Waals surface area contributed by atoms with Crippen LogP contribution in [0, 0.1) is 10.8 Å². The van der Waals surface area contributed by atoms with Gasteiger partial charge in [0.15, 0.2) is 0 Å². The van der Waals surface area contributed by atoms with Gasteiger partial charge in [-0.05, 0) is 56.3 Å². The molecule has 1 saturated carbocycles. The predicted molar refractivity (Wildman–Crippen MR) is 62.3 cm³/mol. The Kier molecular flexibility index (Phi) is 2.49. The van der Waals surface area contributed by atoms with Gasteiger partial charge in [-0.1, -0.05) is 31.9 Å². The fourth-order valence-electron chi connectivity index (χ4n) is 3.58. The van der Waals surface area contributed by atoms with Crippen LogP contribution in [0.4, 0.5) is 0 Å². The second kappa shape index (κ2) is 3.40. The second-order valence-corrected chi connectivity index (χ2v) is 6.45. The molecule has 2 aliphatic carbocycles. The number of rotatable bonds is 0. The van der Waals surface area contributed by atoms with Crippen molar-refractivity contribution < 1.29 is 0 Å². The molecule has 1 atom stereocenters. The van der Waals surface area contributed by atoms with E-state index in [1.807, 2.05) is 0 Å². The van der Waals surface area contributed by atoms with E-state index < -0.39 is 0 Å². The van der Waals surface area contributed by atoms with Crippen LogP contribution in [0.5, 0.6) is 0 Å². The highest BCUT2D eigenvalue weighted by atomic mass is 14.4. The molecular formula is C14H24. The molecule has 0 aromatic rings. The Balaban J connectivity index is 2.09. The second-order valence-electron chi connectivity index (χ2n) is 6.45. The Morgan fingerprint density at radius 2 is 1.93 bits per heavy atom. The molecule has 2 aliphatic rings. The summed E-state index contributed by atoms with van der Waals surface area (Å²) in [5.41, 5.74) is 2.93. The molecule has 1 spiro atoms. The summed E-state index contributed by atoms with van der Waals surface area (Å²) in [4.78, 5) is 0. The van der Waals surface area contributed by atoms with E-state index in [4.69, 9.17) is 0 Å². The van der Waals surface area contributed by atoms with Crippen molar-refractivity contribution in [3.8, 4) is 0 Å². The van der Waals surface area contributed by atoms with Crippen molar-refractivity contribution in [3.63, 3.8) is 0 Å². The van der Waals surface area contributed by atoms with Crippen LogP contribution in [-0.4, -0.2) is 0 Å². The van der Waals surface area contributed by atoms with Crippen LogP contribution in [0.3, 0.4) is 0 Å². The average Bonchev–Trinajstić information content (AvgIpc) is 2.09. The summed E-state index contributed by atoms with van der Waals surface area (Å²) >= 11 is 0. The van der Waals surface area contributed by atoms with Crippen LogP contribution >= 0.6 is 0 Å². The molecule has 80 valence electrons. The summed E-state index contributed by atoms with van der Waals surface area (Å²) in [6.07, 6.45) is 12.5. The quantitative estimate of drug-likeness (QED) is 0.488. The SMILES string of the molecule is CC1=CCC2(CCCC(C)(C)C2)CC1. The number of hydrogen-bond donors (Lipinski definition) is 0. The minimum absolute atomic E-state index is 0.608. The van der Waals surface area contributed by atoms with Gasteiger partial charge in [0.05, 0.1) is 0 Å². The van der Waals surface area contributed by atoms with Crippen LogP contribution in [-0.2, 0) is 0 Å². The lowest BCUT2D eigenvalue weighted by atomic mass is 9.59. The minimum Gasteiger partial charge on any atom is -0.0851 e. The standard InChI is InChI=1S/C14H24/c1-12-5-9-14(10-6-12)8-4-7-13(2,3)11-14/h5H,4,6-11H2,1-3H3. The molecule has 0 aliphatic heterocycles. The molecule has 2 rings (SSSR count). The largest absolute Gasteiger partial charge is 0.0851 e. The maximum atomic E-state index is 2.50. The molecule has 0 nitrogen and oxygen atoms in total. The van der Waals surface area contributed by atoms with Gasteiger partial charge in [-0.3, -0.25) is 0 Å². The molecule has 0 N–H and O–H groups in total. The van der Waals surface area contributed by atoms with E-state index in [-0.39, 0.29) is 0 Å². The van der Waals surface area contributed by atoms with Gasteiger partial charge in [-0.25, -0.2) is 0 Å². The zero-order valence-corrected chi connectivity index (χ0v) is 10.0. The maximum Gasteiger partial charge on any atom is -0.0255 e. The first kappa shape index (κ1) is 10.3. The van der Waals surface area contributed by atoms with Gasteiger partial charge >= 0.3 is 0 Å². The van der Waals surface area contributed by atoms with Crippen LogP contribution in [0.15, 0.2) is 11.6 Å². The van der Waals surface area contributed by atoms with Crippen LogP contribution < -0.4 is 0 Å². The van der Waals surface area contributed by atoms with Gasteiger partial charge in [-0.15, -0.1) is 0 Å². The molecular weight excluding hydrogens is 168 g/mol. The first-order valence-electron chi connectivity index (χ1n) is 6.17. The Bertz CT molecular complexity index is 247. The molecule has 0 bridgehead atoms. The van der Waals surface area contributed by atoms with Crippen molar-refractivity contribution in [3.05, 3.63) is 11.6 Å². The van der Waals surface area contributed by atoms with Crippen LogP contribution in [0.25, 0.3) is 0 Å². The highest BCUT2D eigenvalue weighted by Crippen LogP contribution is 2.52. The lowest BCUT2D eigenvalue weighted by Crippen LogP contribution is -2.34. The van der Waals surface area contributed by atoms with E-state index in [2.05, 4.69) is 26.8 Å². The monoisotopic (exact) mass is 192 g/mol. The van der Waals surface area contributed by atoms with Crippen molar-refractivity contribution in [2.45, 2.75) is 65.7 Å². The van der Waals surface area contributed by atoms with Gasteiger partial charge < -0.3 is 0 Å². The topological polar surface area (TPSA) is 0 Å². The van der Waals surface area contributed by atoms with Crippen molar-refractivity contribution >= 4 is 0 Å². The van der Waals surface area contributed by atoms with Crippen molar-refractivity contribution in [1.29, 1.82) is 0 Å². The normalized spacial score (nSPS) is 36.9. The number of hydrogen-bond acceptors (Lipinski definition) is 0.